The van der Waals surface area contributed by atoms with Crippen LogP contribution in [0.4, 0.5) is 22.0 Å². The van der Waals surface area contributed by atoms with Crippen molar-refractivity contribution in [2.45, 2.75) is 31.0 Å². The van der Waals surface area contributed by atoms with Crippen LogP contribution in [0, 0.1) is 17.7 Å². The third-order valence-corrected chi connectivity index (χ3v) is 6.98. The number of hydrogen-bond donors (Lipinski definition) is 1. The second kappa shape index (κ2) is 8.40. The fourth-order valence-corrected chi connectivity index (χ4v) is 5.19. The molecule has 35 heavy (non-hydrogen) atoms. The Morgan fingerprint density at radius 3 is 2.63 bits per heavy atom. The number of aromatic nitrogens is 3. The van der Waals surface area contributed by atoms with Crippen LogP contribution in [0.3, 0.4) is 0 Å². The minimum Gasteiger partial charge on any atom is -0.302 e. The van der Waals surface area contributed by atoms with E-state index in [1.807, 2.05) is 0 Å². The molecule has 11 heteroatoms. The van der Waals surface area contributed by atoms with E-state index in [4.69, 9.17) is 0 Å². The summed E-state index contributed by atoms with van der Waals surface area (Å²) in [6.07, 6.45) is -0.774. The SMILES string of the molecule is O=c1[nH]c(=O)n(CCCN2C[C@@H]3C[C@]3(c3ccc(C(F)(F)F)cc3F)C2)cc1-c1cccnc1F. The van der Waals surface area contributed by atoms with E-state index in [2.05, 4.69) is 14.9 Å². The molecule has 1 saturated carbocycles. The normalized spacial score (nSPS) is 21.8. The number of pyridine rings is 1. The van der Waals surface area contributed by atoms with Gasteiger partial charge in [0.05, 0.1) is 11.1 Å². The molecule has 5 rings (SSSR count). The average Bonchev–Trinajstić information content (AvgIpc) is 3.36. The molecule has 0 unspecified atom stereocenters. The van der Waals surface area contributed by atoms with Gasteiger partial charge in [0.25, 0.3) is 5.56 Å². The monoisotopic (exact) mass is 492 g/mol. The lowest BCUT2D eigenvalue weighted by atomic mass is 9.93. The molecule has 3 aromatic rings. The van der Waals surface area contributed by atoms with Gasteiger partial charge in [-0.15, -0.1) is 0 Å². The first kappa shape index (κ1) is 23.4. The summed E-state index contributed by atoms with van der Waals surface area (Å²) in [6.45, 7) is 2.04. The van der Waals surface area contributed by atoms with E-state index < -0.39 is 40.2 Å². The van der Waals surface area contributed by atoms with Crippen LogP contribution >= 0.6 is 0 Å². The molecule has 2 aliphatic rings. The molecule has 2 fully saturated rings. The minimum absolute atomic E-state index is 0.00523. The Labute approximate surface area is 196 Å². The summed E-state index contributed by atoms with van der Waals surface area (Å²) < 4.78 is 68.5. The van der Waals surface area contributed by atoms with Crippen molar-refractivity contribution in [2.75, 3.05) is 19.6 Å². The molecule has 2 aromatic heterocycles. The maximum atomic E-state index is 14.6. The molecule has 0 spiro atoms. The number of hydrogen-bond acceptors (Lipinski definition) is 4. The number of halogens is 5. The molecular formula is C24H21F5N4O2. The quantitative estimate of drug-likeness (QED) is 0.422. The van der Waals surface area contributed by atoms with Crippen molar-refractivity contribution < 1.29 is 22.0 Å². The summed E-state index contributed by atoms with van der Waals surface area (Å²) in [5.41, 5.74) is -2.50. The Morgan fingerprint density at radius 1 is 1.11 bits per heavy atom. The number of alkyl halides is 3. The molecular weight excluding hydrogens is 471 g/mol. The van der Waals surface area contributed by atoms with Crippen molar-refractivity contribution in [3.8, 4) is 11.1 Å². The second-order valence-corrected chi connectivity index (χ2v) is 9.18. The smallest absolute Gasteiger partial charge is 0.302 e. The van der Waals surface area contributed by atoms with Gasteiger partial charge < -0.3 is 4.90 Å². The van der Waals surface area contributed by atoms with Crippen molar-refractivity contribution in [2.24, 2.45) is 5.92 Å². The molecule has 184 valence electrons. The highest BCUT2D eigenvalue weighted by atomic mass is 19.4. The predicted octanol–water partition coefficient (Wildman–Crippen LogP) is 3.56. The fourth-order valence-electron chi connectivity index (χ4n) is 5.19. The third kappa shape index (κ3) is 4.29. The molecule has 0 amide bonds. The number of H-pyrrole nitrogens is 1. The molecule has 0 radical (unpaired) electrons. The van der Waals surface area contributed by atoms with Gasteiger partial charge in [-0.25, -0.2) is 14.2 Å². The van der Waals surface area contributed by atoms with Gasteiger partial charge >= 0.3 is 11.9 Å². The first-order chi connectivity index (χ1) is 16.6. The van der Waals surface area contributed by atoms with Gasteiger partial charge in [0.15, 0.2) is 0 Å². The van der Waals surface area contributed by atoms with Gasteiger partial charge in [-0.1, -0.05) is 6.07 Å². The first-order valence-corrected chi connectivity index (χ1v) is 11.1. The second-order valence-electron chi connectivity index (χ2n) is 9.18. The average molecular weight is 492 g/mol. The summed E-state index contributed by atoms with van der Waals surface area (Å²) >= 11 is 0. The van der Waals surface area contributed by atoms with Crippen LogP contribution in [0.1, 0.15) is 24.0 Å². The van der Waals surface area contributed by atoms with E-state index in [-0.39, 0.29) is 23.6 Å². The number of rotatable bonds is 6. The Morgan fingerprint density at radius 2 is 1.91 bits per heavy atom. The standard InChI is InChI=1S/C24H21F5N4O2/c25-19-9-14(24(27,28)29)4-5-18(19)23-10-15(23)11-32(13-23)7-2-8-33-12-17(21(34)31-22(33)35)16-3-1-6-30-20(16)26/h1,3-6,9,12,15H,2,7-8,10-11,13H2,(H,31,34,35)/t15-,23-/m0/s1. The Balaban J connectivity index is 1.25. The van der Waals surface area contributed by atoms with Crippen molar-refractivity contribution in [1.29, 1.82) is 0 Å². The number of likely N-dealkylation sites (tertiary alicyclic amines) is 1. The van der Waals surface area contributed by atoms with Gasteiger partial charge in [-0.05, 0) is 55.1 Å². The molecule has 2 atom stereocenters. The van der Waals surface area contributed by atoms with E-state index in [1.54, 1.807) is 0 Å². The lowest BCUT2D eigenvalue weighted by Crippen LogP contribution is -2.32. The number of aromatic amines is 1. The van der Waals surface area contributed by atoms with Crippen molar-refractivity contribution in [3.63, 3.8) is 0 Å². The van der Waals surface area contributed by atoms with Crippen LogP contribution in [-0.2, 0) is 18.1 Å². The van der Waals surface area contributed by atoms with Gasteiger partial charge in [-0.3, -0.25) is 14.3 Å². The zero-order valence-corrected chi connectivity index (χ0v) is 18.4. The summed E-state index contributed by atoms with van der Waals surface area (Å²) in [5, 5.41) is 0. The van der Waals surface area contributed by atoms with E-state index in [1.165, 1.54) is 35.2 Å². The maximum absolute atomic E-state index is 14.6. The lowest BCUT2D eigenvalue weighted by Gasteiger charge is -2.22. The Kier molecular flexibility index (Phi) is 5.62. The highest BCUT2D eigenvalue weighted by Crippen LogP contribution is 2.59. The molecule has 0 bridgehead atoms. The number of piperidine rings is 1. The van der Waals surface area contributed by atoms with E-state index in [0.29, 0.717) is 37.7 Å². The number of benzene rings is 1. The van der Waals surface area contributed by atoms with Gasteiger partial charge in [-0.2, -0.15) is 17.6 Å². The maximum Gasteiger partial charge on any atom is 0.416 e. The van der Waals surface area contributed by atoms with Crippen LogP contribution in [-0.4, -0.2) is 39.1 Å². The molecule has 1 saturated heterocycles. The fraction of sp³-hybridized carbons (Fsp3) is 0.375. The van der Waals surface area contributed by atoms with Crippen LogP contribution in [0.25, 0.3) is 11.1 Å². The molecule has 6 nitrogen and oxygen atoms in total. The number of fused-ring (bicyclic) bond motifs is 1. The number of nitrogens with one attached hydrogen (secondary N) is 1. The van der Waals surface area contributed by atoms with E-state index >= 15 is 0 Å². The zero-order valence-electron chi connectivity index (χ0n) is 18.4. The predicted molar refractivity (Wildman–Crippen MR) is 117 cm³/mol. The van der Waals surface area contributed by atoms with Crippen LogP contribution in [0.15, 0.2) is 52.3 Å². The van der Waals surface area contributed by atoms with Gasteiger partial charge in [0, 0.05) is 43.0 Å². The number of aryl methyl sites for hydroxylation is 1. The largest absolute Gasteiger partial charge is 0.416 e. The zero-order chi connectivity index (χ0) is 25.0. The van der Waals surface area contributed by atoms with Crippen molar-refractivity contribution in [1.82, 2.24) is 19.4 Å². The summed E-state index contributed by atoms with van der Waals surface area (Å²) in [5.74, 6) is -1.48. The van der Waals surface area contributed by atoms with Crippen molar-refractivity contribution >= 4 is 0 Å². The molecule has 1 aromatic carbocycles. The van der Waals surface area contributed by atoms with Crippen LogP contribution < -0.4 is 11.2 Å². The molecule has 1 aliphatic carbocycles. The van der Waals surface area contributed by atoms with E-state index in [0.717, 1.165) is 12.5 Å². The van der Waals surface area contributed by atoms with Crippen molar-refractivity contribution in [3.05, 3.63) is 86.5 Å². The lowest BCUT2D eigenvalue weighted by molar-refractivity contribution is -0.137. The summed E-state index contributed by atoms with van der Waals surface area (Å²) in [6, 6.07) is 5.63. The highest BCUT2D eigenvalue weighted by molar-refractivity contribution is 5.60. The Bertz CT molecular complexity index is 1400. The first-order valence-electron chi connectivity index (χ1n) is 11.1. The third-order valence-electron chi connectivity index (χ3n) is 6.98. The highest BCUT2D eigenvalue weighted by Gasteiger charge is 2.61. The molecule has 1 N–H and O–H groups in total. The summed E-state index contributed by atoms with van der Waals surface area (Å²) in [7, 11) is 0. The van der Waals surface area contributed by atoms with Crippen LogP contribution in [0.2, 0.25) is 0 Å². The Hall–Kier alpha value is -3.34. The van der Waals surface area contributed by atoms with Gasteiger partial charge in [0.2, 0.25) is 5.95 Å². The minimum atomic E-state index is -4.59. The molecule has 1 aliphatic heterocycles. The van der Waals surface area contributed by atoms with Crippen LogP contribution in [0.5, 0.6) is 0 Å². The van der Waals surface area contributed by atoms with Gasteiger partial charge in [0.1, 0.15) is 5.82 Å². The molecule has 3 heterocycles. The number of nitrogens with zero attached hydrogens (tertiary/aromatic N) is 3. The summed E-state index contributed by atoms with van der Waals surface area (Å²) in [4.78, 5) is 32.2. The topological polar surface area (TPSA) is 71.0 Å². The van der Waals surface area contributed by atoms with E-state index in [9.17, 15) is 31.5 Å².